The lowest BCUT2D eigenvalue weighted by Crippen LogP contribution is -2.20. The predicted octanol–water partition coefficient (Wildman–Crippen LogP) is 0.722. The Morgan fingerprint density at radius 3 is 3.00 bits per heavy atom. The number of carbonyl (C=O) groups is 1. The zero-order valence-corrected chi connectivity index (χ0v) is 7.91. The third-order valence-corrected chi connectivity index (χ3v) is 2.37. The minimum atomic E-state index is -0.342. The molecule has 1 fully saturated rings. The zero-order chi connectivity index (χ0) is 10.1. The van der Waals surface area contributed by atoms with Crippen molar-refractivity contribution in [1.82, 2.24) is 5.32 Å². The summed E-state index contributed by atoms with van der Waals surface area (Å²) in [6, 6.07) is 5.59. The van der Waals surface area contributed by atoms with Crippen LogP contribution in [0.3, 0.4) is 0 Å². The van der Waals surface area contributed by atoms with Crippen molar-refractivity contribution in [2.45, 2.75) is 13.2 Å². The van der Waals surface area contributed by atoms with Crippen molar-refractivity contribution in [2.75, 3.05) is 12.3 Å². The molecule has 0 aromatic heterocycles. The minimum Gasteiger partial charge on any atom is -0.399 e. The first-order valence-corrected chi connectivity index (χ1v) is 4.44. The molecule has 0 bridgehead atoms. The lowest BCUT2D eigenvalue weighted by atomic mass is 10.1. The highest BCUT2D eigenvalue weighted by atomic mass is 16.5. The molecule has 1 saturated heterocycles. The zero-order valence-electron chi connectivity index (χ0n) is 7.91. The first-order chi connectivity index (χ1) is 6.68. The van der Waals surface area contributed by atoms with Gasteiger partial charge in [0, 0.05) is 11.3 Å². The monoisotopic (exact) mass is 192 g/mol. The third kappa shape index (κ3) is 1.44. The molecule has 0 spiro atoms. The maximum Gasteiger partial charge on any atom is 0.248 e. The number of rotatable bonds is 1. The van der Waals surface area contributed by atoms with Gasteiger partial charge in [-0.05, 0) is 18.6 Å². The van der Waals surface area contributed by atoms with Gasteiger partial charge in [0.2, 0.25) is 5.91 Å². The quantitative estimate of drug-likeness (QED) is 0.644. The van der Waals surface area contributed by atoms with E-state index in [1.54, 1.807) is 0 Å². The van der Waals surface area contributed by atoms with Crippen LogP contribution < -0.4 is 11.1 Å². The SMILES string of the molecule is Cc1c(N)cccc1C1NC(=O)CO1. The summed E-state index contributed by atoms with van der Waals surface area (Å²) >= 11 is 0. The lowest BCUT2D eigenvalue weighted by Gasteiger charge is -2.13. The molecule has 0 radical (unpaired) electrons. The van der Waals surface area contributed by atoms with Gasteiger partial charge in [0.05, 0.1) is 0 Å². The topological polar surface area (TPSA) is 64.3 Å². The number of hydrogen-bond donors (Lipinski definition) is 2. The van der Waals surface area contributed by atoms with Gasteiger partial charge in [0.15, 0.2) is 6.23 Å². The molecule has 3 N–H and O–H groups in total. The summed E-state index contributed by atoms with van der Waals surface area (Å²) in [5, 5.41) is 2.72. The maximum atomic E-state index is 11.0. The second-order valence-electron chi connectivity index (χ2n) is 3.32. The van der Waals surface area contributed by atoms with E-state index in [0.717, 1.165) is 11.1 Å². The minimum absolute atomic E-state index is 0.0863. The lowest BCUT2D eigenvalue weighted by molar-refractivity contribution is -0.119. The van der Waals surface area contributed by atoms with E-state index in [1.165, 1.54) is 0 Å². The molecule has 1 aliphatic rings. The summed E-state index contributed by atoms with van der Waals surface area (Å²) in [5.74, 6) is -0.0863. The summed E-state index contributed by atoms with van der Waals surface area (Å²) in [4.78, 5) is 11.0. The Morgan fingerprint density at radius 2 is 2.36 bits per heavy atom. The van der Waals surface area contributed by atoms with E-state index in [9.17, 15) is 4.79 Å². The van der Waals surface area contributed by atoms with E-state index in [-0.39, 0.29) is 18.7 Å². The fraction of sp³-hybridized carbons (Fsp3) is 0.300. The Morgan fingerprint density at radius 1 is 1.57 bits per heavy atom. The Hall–Kier alpha value is -1.55. The van der Waals surface area contributed by atoms with E-state index in [0.29, 0.717) is 5.69 Å². The van der Waals surface area contributed by atoms with Gasteiger partial charge in [0.25, 0.3) is 0 Å². The second kappa shape index (κ2) is 3.31. The molecule has 14 heavy (non-hydrogen) atoms. The molecule has 1 atom stereocenters. The molecule has 1 aliphatic heterocycles. The Labute approximate surface area is 82.1 Å². The van der Waals surface area contributed by atoms with Gasteiger partial charge in [-0.3, -0.25) is 4.79 Å². The molecule has 4 heteroatoms. The van der Waals surface area contributed by atoms with Crippen LogP contribution in [0.1, 0.15) is 17.4 Å². The number of ether oxygens (including phenoxy) is 1. The molecular weight excluding hydrogens is 180 g/mol. The first kappa shape index (κ1) is 9.02. The molecule has 0 saturated carbocycles. The highest BCUT2D eigenvalue weighted by Crippen LogP contribution is 2.25. The van der Waals surface area contributed by atoms with Crippen LogP contribution >= 0.6 is 0 Å². The van der Waals surface area contributed by atoms with E-state index in [4.69, 9.17) is 10.5 Å². The van der Waals surface area contributed by atoms with E-state index in [2.05, 4.69) is 5.32 Å². The number of anilines is 1. The molecule has 0 aliphatic carbocycles. The van der Waals surface area contributed by atoms with Crippen LogP contribution in [0.2, 0.25) is 0 Å². The van der Waals surface area contributed by atoms with Gasteiger partial charge >= 0.3 is 0 Å². The highest BCUT2D eigenvalue weighted by molar-refractivity contribution is 5.79. The average Bonchev–Trinajstić information content (AvgIpc) is 2.57. The van der Waals surface area contributed by atoms with E-state index in [1.807, 2.05) is 25.1 Å². The first-order valence-electron chi connectivity index (χ1n) is 4.44. The van der Waals surface area contributed by atoms with Crippen molar-refractivity contribution in [3.8, 4) is 0 Å². The number of carbonyl (C=O) groups excluding carboxylic acids is 1. The number of nitrogen functional groups attached to an aromatic ring is 1. The summed E-state index contributed by atoms with van der Waals surface area (Å²) in [6.07, 6.45) is -0.342. The van der Waals surface area contributed by atoms with Crippen molar-refractivity contribution in [3.63, 3.8) is 0 Å². The summed E-state index contributed by atoms with van der Waals surface area (Å²) in [6.45, 7) is 2.04. The van der Waals surface area contributed by atoms with Crippen LogP contribution in [0.15, 0.2) is 18.2 Å². The van der Waals surface area contributed by atoms with Gasteiger partial charge in [-0.1, -0.05) is 12.1 Å². The third-order valence-electron chi connectivity index (χ3n) is 2.37. The van der Waals surface area contributed by atoms with Gasteiger partial charge in [-0.25, -0.2) is 0 Å². The molecule has 2 rings (SSSR count). The van der Waals surface area contributed by atoms with Crippen molar-refractivity contribution in [3.05, 3.63) is 29.3 Å². The molecule has 1 aromatic rings. The Balaban J connectivity index is 2.32. The smallest absolute Gasteiger partial charge is 0.248 e. The molecule has 1 aromatic carbocycles. The number of benzene rings is 1. The number of nitrogens with one attached hydrogen (secondary N) is 1. The normalized spacial score (nSPS) is 20.9. The van der Waals surface area contributed by atoms with E-state index < -0.39 is 0 Å². The molecule has 74 valence electrons. The van der Waals surface area contributed by atoms with Crippen molar-refractivity contribution in [2.24, 2.45) is 0 Å². The fourth-order valence-electron chi connectivity index (χ4n) is 1.51. The Bertz CT molecular complexity index is 376. The molecule has 1 heterocycles. The number of hydrogen-bond acceptors (Lipinski definition) is 3. The van der Waals surface area contributed by atoms with Gasteiger partial charge < -0.3 is 15.8 Å². The van der Waals surface area contributed by atoms with Crippen molar-refractivity contribution < 1.29 is 9.53 Å². The maximum absolute atomic E-state index is 11.0. The second-order valence-corrected chi connectivity index (χ2v) is 3.32. The highest BCUT2D eigenvalue weighted by Gasteiger charge is 2.24. The van der Waals surface area contributed by atoms with Gasteiger partial charge in [-0.2, -0.15) is 0 Å². The van der Waals surface area contributed by atoms with Crippen molar-refractivity contribution >= 4 is 11.6 Å². The summed E-state index contributed by atoms with van der Waals surface area (Å²) in [5.41, 5.74) is 8.35. The van der Waals surface area contributed by atoms with Gasteiger partial charge in [0.1, 0.15) is 6.61 Å². The van der Waals surface area contributed by atoms with Crippen LogP contribution in [0.4, 0.5) is 5.69 Å². The van der Waals surface area contributed by atoms with Crippen LogP contribution in [-0.4, -0.2) is 12.5 Å². The molecular formula is C10H12N2O2. The Kier molecular flexibility index (Phi) is 2.13. The number of nitrogens with two attached hydrogens (primary N) is 1. The van der Waals surface area contributed by atoms with Gasteiger partial charge in [-0.15, -0.1) is 0 Å². The average molecular weight is 192 g/mol. The largest absolute Gasteiger partial charge is 0.399 e. The van der Waals surface area contributed by atoms with Crippen LogP contribution in [0, 0.1) is 6.92 Å². The summed E-state index contributed by atoms with van der Waals surface area (Å²) in [7, 11) is 0. The van der Waals surface area contributed by atoms with Crippen LogP contribution in [0.25, 0.3) is 0 Å². The van der Waals surface area contributed by atoms with Crippen molar-refractivity contribution in [1.29, 1.82) is 0 Å². The summed E-state index contributed by atoms with van der Waals surface area (Å²) < 4.78 is 5.27. The van der Waals surface area contributed by atoms with E-state index >= 15 is 0 Å². The predicted molar refractivity (Wildman–Crippen MR) is 52.4 cm³/mol. The number of amides is 1. The standard InChI is InChI=1S/C10H12N2O2/c1-6-7(3-2-4-8(6)11)10-12-9(13)5-14-10/h2-4,10H,5,11H2,1H3,(H,12,13). The molecule has 4 nitrogen and oxygen atoms in total. The van der Waals surface area contributed by atoms with Crippen LogP contribution in [-0.2, 0) is 9.53 Å². The van der Waals surface area contributed by atoms with Crippen LogP contribution in [0.5, 0.6) is 0 Å². The molecule has 1 amide bonds. The fourth-order valence-corrected chi connectivity index (χ4v) is 1.51. The molecule has 1 unspecified atom stereocenters.